The van der Waals surface area contributed by atoms with Crippen molar-refractivity contribution in [3.05, 3.63) is 60.8 Å². The summed E-state index contributed by atoms with van der Waals surface area (Å²) in [5.74, 6) is -0.935. The van der Waals surface area contributed by atoms with Gasteiger partial charge in [0.05, 0.1) is 0 Å². The molecule has 0 heterocycles. The summed E-state index contributed by atoms with van der Waals surface area (Å²) in [4.78, 5) is 38.0. The Hall–Kier alpha value is -2.89. The van der Waals surface area contributed by atoms with Gasteiger partial charge in [0.2, 0.25) is 0 Å². The molecule has 0 aromatic rings. The molecule has 0 bridgehead atoms. The van der Waals surface area contributed by atoms with E-state index in [2.05, 4.69) is 81.5 Å². The summed E-state index contributed by atoms with van der Waals surface area (Å²) in [5.41, 5.74) is 0. The van der Waals surface area contributed by atoms with Crippen LogP contribution in [0.25, 0.3) is 0 Å². The van der Waals surface area contributed by atoms with Gasteiger partial charge in [0.1, 0.15) is 13.2 Å². The third-order valence-electron chi connectivity index (χ3n) is 11.5. The molecule has 0 aromatic carbocycles. The highest BCUT2D eigenvalue weighted by Crippen LogP contribution is 2.15. The van der Waals surface area contributed by atoms with Crippen LogP contribution in [0.2, 0.25) is 0 Å². The van der Waals surface area contributed by atoms with E-state index in [0.717, 1.165) is 83.5 Å². The smallest absolute Gasteiger partial charge is 0.306 e. The minimum atomic E-state index is -0.796. The van der Waals surface area contributed by atoms with Crippen molar-refractivity contribution in [3.63, 3.8) is 0 Å². The van der Waals surface area contributed by atoms with E-state index in [1.807, 2.05) is 0 Å². The summed E-state index contributed by atoms with van der Waals surface area (Å²) < 4.78 is 16.8. The molecular weight excluding hydrogens is 781 g/mol. The molecule has 1 unspecified atom stereocenters. The van der Waals surface area contributed by atoms with Gasteiger partial charge < -0.3 is 14.2 Å². The van der Waals surface area contributed by atoms with Crippen LogP contribution in [0.1, 0.15) is 265 Å². The molecular formula is C57H100O6. The summed E-state index contributed by atoms with van der Waals surface area (Å²) in [7, 11) is 0. The van der Waals surface area contributed by atoms with Crippen molar-refractivity contribution in [2.24, 2.45) is 0 Å². The van der Waals surface area contributed by atoms with E-state index in [9.17, 15) is 14.4 Å². The van der Waals surface area contributed by atoms with Crippen molar-refractivity contribution < 1.29 is 28.6 Å². The Bertz CT molecular complexity index is 1150. The highest BCUT2D eigenvalue weighted by molar-refractivity contribution is 5.71. The molecule has 0 radical (unpaired) electrons. The van der Waals surface area contributed by atoms with Gasteiger partial charge in [-0.3, -0.25) is 14.4 Å². The van der Waals surface area contributed by atoms with E-state index in [4.69, 9.17) is 14.2 Å². The van der Waals surface area contributed by atoms with Crippen molar-refractivity contribution in [2.45, 2.75) is 271 Å². The van der Waals surface area contributed by atoms with E-state index in [1.54, 1.807) is 0 Å². The molecule has 364 valence electrons. The zero-order valence-corrected chi connectivity index (χ0v) is 41.6. The van der Waals surface area contributed by atoms with Crippen LogP contribution < -0.4 is 0 Å². The molecule has 0 fully saturated rings. The van der Waals surface area contributed by atoms with Crippen molar-refractivity contribution >= 4 is 17.9 Å². The van der Waals surface area contributed by atoms with Gasteiger partial charge >= 0.3 is 17.9 Å². The Labute approximate surface area is 390 Å². The third kappa shape index (κ3) is 50.0. The average Bonchev–Trinajstić information content (AvgIpc) is 3.28. The third-order valence-corrected chi connectivity index (χ3v) is 11.5. The van der Waals surface area contributed by atoms with Gasteiger partial charge in [0.25, 0.3) is 0 Å². The fourth-order valence-corrected chi connectivity index (χ4v) is 7.49. The number of unbranched alkanes of at least 4 members (excludes halogenated alkanes) is 27. The lowest BCUT2D eigenvalue weighted by Gasteiger charge is -2.18. The Morgan fingerprint density at radius 3 is 1.03 bits per heavy atom. The fraction of sp³-hybridized carbons (Fsp3) is 0.772. The van der Waals surface area contributed by atoms with Crippen molar-refractivity contribution in [1.82, 2.24) is 0 Å². The first-order chi connectivity index (χ1) is 31.0. The quantitative estimate of drug-likeness (QED) is 0.0262. The van der Waals surface area contributed by atoms with Crippen LogP contribution in [0.4, 0.5) is 0 Å². The van der Waals surface area contributed by atoms with Crippen LogP contribution in [0.15, 0.2) is 60.8 Å². The molecule has 0 aromatic heterocycles. The van der Waals surface area contributed by atoms with E-state index in [1.165, 1.54) is 135 Å². The van der Waals surface area contributed by atoms with E-state index in [0.29, 0.717) is 19.3 Å². The predicted octanol–water partition coefficient (Wildman–Crippen LogP) is 17.6. The Kier molecular flexibility index (Phi) is 49.4. The lowest BCUT2D eigenvalue weighted by atomic mass is 10.0. The standard InChI is InChI=1S/C57H100O6/c1-4-7-10-13-16-19-22-25-27-28-30-32-35-38-41-44-47-50-56(59)62-53-54(52-61-55(58)49-46-43-40-37-34-31-24-21-18-15-12-9-6-3)63-57(60)51-48-45-42-39-36-33-29-26-23-20-17-14-11-8-5-2/h8,11,17,20-21,24,26,29,36,39,54H,4-7,9-10,12-16,18-19,22-23,25,27-28,30-35,37-38,40-53H2,1-3H3/b11-8-,20-17-,24-21-,29-26-,39-36-. The maximum atomic E-state index is 12.8. The minimum Gasteiger partial charge on any atom is -0.462 e. The second-order valence-electron chi connectivity index (χ2n) is 17.8. The molecule has 6 heteroatoms. The number of rotatable bonds is 48. The molecule has 63 heavy (non-hydrogen) atoms. The summed E-state index contributed by atoms with van der Waals surface area (Å²) in [6.07, 6.45) is 63.5. The van der Waals surface area contributed by atoms with Gasteiger partial charge in [0.15, 0.2) is 6.10 Å². The molecule has 0 aliphatic carbocycles. The van der Waals surface area contributed by atoms with Crippen molar-refractivity contribution in [3.8, 4) is 0 Å². The number of hydrogen-bond acceptors (Lipinski definition) is 6. The number of hydrogen-bond donors (Lipinski definition) is 0. The molecule has 0 N–H and O–H groups in total. The molecule has 0 amide bonds. The van der Waals surface area contributed by atoms with Gasteiger partial charge in [-0.15, -0.1) is 0 Å². The fourth-order valence-electron chi connectivity index (χ4n) is 7.49. The number of allylic oxidation sites excluding steroid dienone is 10. The monoisotopic (exact) mass is 881 g/mol. The van der Waals surface area contributed by atoms with E-state index in [-0.39, 0.29) is 37.5 Å². The summed E-state index contributed by atoms with van der Waals surface area (Å²) >= 11 is 0. The Balaban J connectivity index is 4.42. The predicted molar refractivity (Wildman–Crippen MR) is 270 cm³/mol. The number of carbonyl (C=O) groups is 3. The van der Waals surface area contributed by atoms with Crippen LogP contribution in [0.5, 0.6) is 0 Å². The van der Waals surface area contributed by atoms with Gasteiger partial charge in [-0.2, -0.15) is 0 Å². The largest absolute Gasteiger partial charge is 0.462 e. The second kappa shape index (κ2) is 51.7. The Morgan fingerprint density at radius 2 is 0.619 bits per heavy atom. The van der Waals surface area contributed by atoms with Crippen molar-refractivity contribution in [2.75, 3.05) is 13.2 Å². The van der Waals surface area contributed by atoms with Crippen LogP contribution >= 0.6 is 0 Å². The first kappa shape index (κ1) is 60.1. The molecule has 0 aliphatic heterocycles. The SMILES string of the molecule is CC/C=C\C/C=C\C/C=C\C/C=C\CCCCC(=O)OC(COC(=O)CCCCCCC/C=C\CCCCCC)COC(=O)CCCCCCCCCCCCCCCCCCC. The molecule has 0 spiro atoms. The minimum absolute atomic E-state index is 0.0913. The summed E-state index contributed by atoms with van der Waals surface area (Å²) in [6.45, 7) is 6.48. The van der Waals surface area contributed by atoms with Crippen LogP contribution in [-0.4, -0.2) is 37.2 Å². The maximum Gasteiger partial charge on any atom is 0.306 e. The summed E-state index contributed by atoms with van der Waals surface area (Å²) in [6, 6.07) is 0. The molecule has 0 saturated carbocycles. The first-order valence-corrected chi connectivity index (χ1v) is 26.8. The zero-order valence-electron chi connectivity index (χ0n) is 41.6. The molecule has 0 aliphatic rings. The zero-order chi connectivity index (χ0) is 45.8. The number of ether oxygens (including phenoxy) is 3. The topological polar surface area (TPSA) is 78.9 Å². The summed E-state index contributed by atoms with van der Waals surface area (Å²) in [5, 5.41) is 0. The van der Waals surface area contributed by atoms with Gasteiger partial charge in [0, 0.05) is 19.3 Å². The van der Waals surface area contributed by atoms with E-state index < -0.39 is 6.10 Å². The second-order valence-corrected chi connectivity index (χ2v) is 17.8. The normalized spacial score (nSPS) is 12.5. The van der Waals surface area contributed by atoms with Gasteiger partial charge in [-0.05, 0) is 83.5 Å². The van der Waals surface area contributed by atoms with Crippen molar-refractivity contribution in [1.29, 1.82) is 0 Å². The molecule has 0 saturated heterocycles. The first-order valence-electron chi connectivity index (χ1n) is 26.8. The van der Waals surface area contributed by atoms with Gasteiger partial charge in [-0.1, -0.05) is 223 Å². The highest BCUT2D eigenvalue weighted by atomic mass is 16.6. The van der Waals surface area contributed by atoms with Gasteiger partial charge in [-0.25, -0.2) is 0 Å². The van der Waals surface area contributed by atoms with Crippen LogP contribution in [0.3, 0.4) is 0 Å². The van der Waals surface area contributed by atoms with E-state index >= 15 is 0 Å². The lowest BCUT2D eigenvalue weighted by Crippen LogP contribution is -2.30. The molecule has 1 atom stereocenters. The van der Waals surface area contributed by atoms with Crippen LogP contribution in [0, 0.1) is 0 Å². The highest BCUT2D eigenvalue weighted by Gasteiger charge is 2.19. The number of carbonyl (C=O) groups excluding carboxylic acids is 3. The molecule has 0 rings (SSSR count). The van der Waals surface area contributed by atoms with Crippen LogP contribution in [-0.2, 0) is 28.6 Å². The lowest BCUT2D eigenvalue weighted by molar-refractivity contribution is -0.167. The Morgan fingerprint density at radius 1 is 0.333 bits per heavy atom. The average molecular weight is 881 g/mol. The maximum absolute atomic E-state index is 12.8. The number of esters is 3. The molecule has 6 nitrogen and oxygen atoms in total.